The lowest BCUT2D eigenvalue weighted by Crippen LogP contribution is -2.24. The van der Waals surface area contributed by atoms with Gasteiger partial charge < -0.3 is 4.57 Å². The number of thiophene rings is 1. The Kier molecular flexibility index (Phi) is 6.92. The zero-order valence-corrected chi connectivity index (χ0v) is 22.6. The van der Waals surface area contributed by atoms with E-state index in [-0.39, 0.29) is 5.91 Å². The van der Waals surface area contributed by atoms with Crippen molar-refractivity contribution in [2.45, 2.75) is 6.54 Å². The van der Waals surface area contributed by atoms with E-state index in [0.29, 0.717) is 21.2 Å². The van der Waals surface area contributed by atoms with Crippen molar-refractivity contribution >= 4 is 50.3 Å². The smallest absolute Gasteiger partial charge is 0.283 e. The molecule has 6 rings (SSSR count). The molecule has 38 heavy (non-hydrogen) atoms. The Bertz CT molecular complexity index is 1790. The van der Waals surface area contributed by atoms with E-state index in [0.717, 1.165) is 32.5 Å². The van der Waals surface area contributed by atoms with E-state index in [2.05, 4.69) is 69.0 Å². The molecule has 0 fully saturated rings. The molecule has 0 spiro atoms. The quantitative estimate of drug-likeness (QED) is 0.209. The van der Waals surface area contributed by atoms with Gasteiger partial charge >= 0.3 is 0 Å². The predicted molar refractivity (Wildman–Crippen MR) is 159 cm³/mol. The van der Waals surface area contributed by atoms with Gasteiger partial charge in [-0.3, -0.25) is 4.79 Å². The molecular weight excluding hydrogens is 530 g/mol. The summed E-state index contributed by atoms with van der Waals surface area (Å²) in [6.07, 6.45) is 0. The topological polar surface area (TPSA) is 46.4 Å². The standard InChI is InChI=1S/C31H22ClN3OS2/c32-28-25-13-7-8-14-27(25)38-29(28)30(36)33-34-31-35(19-21-9-3-1-4-10-21)26(20-37-31)24-17-15-23(16-18-24)22-11-5-2-6-12-22/h1-18,20H,19H2,(H,33,36)/b34-31-. The summed E-state index contributed by atoms with van der Waals surface area (Å²) in [4.78, 5) is 14.2. The fraction of sp³-hybridized carbons (Fsp3) is 0.0323. The predicted octanol–water partition coefficient (Wildman–Crippen LogP) is 8.05. The van der Waals surface area contributed by atoms with E-state index in [1.807, 2.05) is 60.7 Å². The Labute approximate surface area is 233 Å². The molecule has 186 valence electrons. The second-order valence-corrected chi connectivity index (χ2v) is 11.0. The van der Waals surface area contributed by atoms with E-state index in [4.69, 9.17) is 11.6 Å². The Morgan fingerprint density at radius 3 is 2.16 bits per heavy atom. The van der Waals surface area contributed by atoms with Crippen LogP contribution in [0.2, 0.25) is 5.02 Å². The van der Waals surface area contributed by atoms with E-state index < -0.39 is 0 Å². The minimum Gasteiger partial charge on any atom is -0.311 e. The van der Waals surface area contributed by atoms with Crippen molar-refractivity contribution in [1.82, 2.24) is 9.99 Å². The first-order valence-corrected chi connectivity index (χ1v) is 14.1. The van der Waals surface area contributed by atoms with Gasteiger partial charge in [-0.1, -0.05) is 115 Å². The molecule has 0 aliphatic rings. The first-order chi connectivity index (χ1) is 18.7. The van der Waals surface area contributed by atoms with Crippen molar-refractivity contribution < 1.29 is 4.79 Å². The van der Waals surface area contributed by atoms with Crippen LogP contribution in [0.25, 0.3) is 32.5 Å². The number of carbonyl (C=O) groups is 1. The van der Waals surface area contributed by atoms with E-state index in [1.165, 1.54) is 28.2 Å². The summed E-state index contributed by atoms with van der Waals surface area (Å²) < 4.78 is 3.10. The van der Waals surface area contributed by atoms with Crippen LogP contribution >= 0.6 is 34.3 Å². The van der Waals surface area contributed by atoms with Gasteiger partial charge in [0.2, 0.25) is 4.80 Å². The van der Waals surface area contributed by atoms with Crippen LogP contribution in [0.1, 0.15) is 15.2 Å². The maximum Gasteiger partial charge on any atom is 0.283 e. The van der Waals surface area contributed by atoms with Crippen LogP contribution in [0.4, 0.5) is 0 Å². The zero-order valence-electron chi connectivity index (χ0n) is 20.2. The summed E-state index contributed by atoms with van der Waals surface area (Å²) in [5, 5.41) is 7.95. The number of nitrogens with zero attached hydrogens (tertiary/aromatic N) is 2. The number of carbonyl (C=O) groups excluding carboxylic acids is 1. The maximum absolute atomic E-state index is 13.0. The summed E-state index contributed by atoms with van der Waals surface area (Å²) in [5.41, 5.74) is 8.35. The van der Waals surface area contributed by atoms with Gasteiger partial charge in [0.1, 0.15) is 4.88 Å². The van der Waals surface area contributed by atoms with Crippen molar-refractivity contribution in [2.75, 3.05) is 0 Å². The molecule has 1 amide bonds. The molecule has 4 aromatic carbocycles. The lowest BCUT2D eigenvalue weighted by molar-refractivity contribution is 0.0957. The Morgan fingerprint density at radius 1 is 0.789 bits per heavy atom. The number of rotatable bonds is 6. The van der Waals surface area contributed by atoms with Crippen LogP contribution in [-0.4, -0.2) is 10.5 Å². The number of aromatic nitrogens is 1. The number of halogens is 1. The number of benzene rings is 4. The third-order valence-electron chi connectivity index (χ3n) is 6.26. The van der Waals surface area contributed by atoms with Crippen LogP contribution in [0.5, 0.6) is 0 Å². The van der Waals surface area contributed by atoms with Gasteiger partial charge in [0.05, 0.1) is 17.3 Å². The summed E-state index contributed by atoms with van der Waals surface area (Å²) >= 11 is 9.38. The van der Waals surface area contributed by atoms with E-state index >= 15 is 0 Å². The minimum atomic E-state index is -0.315. The SMILES string of the molecule is O=C(N/N=c1\scc(-c2ccc(-c3ccccc3)cc2)n1Cc1ccccc1)c1sc2ccccc2c1Cl. The Balaban J connectivity index is 1.35. The summed E-state index contributed by atoms with van der Waals surface area (Å²) in [5.74, 6) is -0.315. The lowest BCUT2D eigenvalue weighted by atomic mass is 10.0. The fourth-order valence-corrected chi connectivity index (χ4v) is 6.62. The first kappa shape index (κ1) is 24.4. The molecule has 0 aliphatic carbocycles. The molecule has 6 aromatic rings. The van der Waals surface area contributed by atoms with Gasteiger partial charge in [-0.05, 0) is 28.3 Å². The molecule has 1 N–H and O–H groups in total. The number of nitrogens with one attached hydrogen (secondary N) is 1. The molecule has 0 radical (unpaired) electrons. The highest BCUT2D eigenvalue weighted by Gasteiger charge is 2.17. The molecular formula is C31H22ClN3OS2. The minimum absolute atomic E-state index is 0.315. The largest absolute Gasteiger partial charge is 0.311 e. The van der Waals surface area contributed by atoms with Gasteiger partial charge in [-0.25, -0.2) is 5.43 Å². The maximum atomic E-state index is 13.0. The number of amides is 1. The number of hydrogen-bond acceptors (Lipinski definition) is 4. The van der Waals surface area contributed by atoms with Crippen molar-refractivity contribution in [3.8, 4) is 22.4 Å². The third kappa shape index (κ3) is 4.94. The van der Waals surface area contributed by atoms with Gasteiger partial charge in [-0.2, -0.15) is 0 Å². The Morgan fingerprint density at radius 2 is 1.42 bits per heavy atom. The molecule has 0 unspecified atom stereocenters. The highest BCUT2D eigenvalue weighted by atomic mass is 35.5. The van der Waals surface area contributed by atoms with Crippen molar-refractivity contribution in [3.63, 3.8) is 0 Å². The van der Waals surface area contributed by atoms with Crippen LogP contribution in [0.3, 0.4) is 0 Å². The summed E-state index contributed by atoms with van der Waals surface area (Å²) in [6.45, 7) is 0.623. The molecule has 2 heterocycles. The second kappa shape index (κ2) is 10.8. The molecule has 4 nitrogen and oxygen atoms in total. The van der Waals surface area contributed by atoms with Gasteiger partial charge in [0.25, 0.3) is 5.91 Å². The second-order valence-electron chi connectivity index (χ2n) is 8.71. The number of hydrogen-bond donors (Lipinski definition) is 1. The van der Waals surface area contributed by atoms with Crippen molar-refractivity contribution in [2.24, 2.45) is 5.10 Å². The van der Waals surface area contributed by atoms with Gasteiger partial charge in [0.15, 0.2) is 0 Å². The summed E-state index contributed by atoms with van der Waals surface area (Å²) in [6, 6.07) is 36.8. The lowest BCUT2D eigenvalue weighted by Gasteiger charge is -2.10. The average molecular weight is 552 g/mol. The number of thiazole rings is 1. The van der Waals surface area contributed by atoms with E-state index in [1.54, 1.807) is 0 Å². The first-order valence-electron chi connectivity index (χ1n) is 12.1. The molecule has 0 saturated heterocycles. The van der Waals surface area contributed by atoms with E-state index in [9.17, 15) is 4.79 Å². The van der Waals surface area contributed by atoms with Crippen LogP contribution in [0.15, 0.2) is 120 Å². The van der Waals surface area contributed by atoms with Crippen LogP contribution < -0.4 is 10.2 Å². The van der Waals surface area contributed by atoms with Gasteiger partial charge in [-0.15, -0.1) is 27.8 Å². The molecule has 0 saturated carbocycles. The highest BCUT2D eigenvalue weighted by molar-refractivity contribution is 7.21. The normalized spacial score (nSPS) is 11.7. The zero-order chi connectivity index (χ0) is 25.9. The fourth-order valence-electron chi connectivity index (χ4n) is 4.34. The monoisotopic (exact) mass is 551 g/mol. The number of fused-ring (bicyclic) bond motifs is 1. The molecule has 0 bridgehead atoms. The molecule has 0 aliphatic heterocycles. The van der Waals surface area contributed by atoms with Crippen LogP contribution in [0, 0.1) is 0 Å². The Hall–Kier alpha value is -3.97. The molecule has 2 aromatic heterocycles. The average Bonchev–Trinajstić information content (AvgIpc) is 3.53. The third-order valence-corrected chi connectivity index (χ3v) is 8.80. The van der Waals surface area contributed by atoms with Crippen molar-refractivity contribution in [1.29, 1.82) is 0 Å². The van der Waals surface area contributed by atoms with Crippen LogP contribution in [-0.2, 0) is 6.54 Å². The summed E-state index contributed by atoms with van der Waals surface area (Å²) in [7, 11) is 0. The molecule has 0 atom stereocenters. The van der Waals surface area contributed by atoms with Gasteiger partial charge in [0, 0.05) is 15.5 Å². The van der Waals surface area contributed by atoms with Crippen molar-refractivity contribution in [3.05, 3.63) is 135 Å². The molecule has 7 heteroatoms. The highest BCUT2D eigenvalue weighted by Crippen LogP contribution is 2.35.